The Labute approximate surface area is 123 Å². The van der Waals surface area contributed by atoms with E-state index in [9.17, 15) is 4.79 Å². The summed E-state index contributed by atoms with van der Waals surface area (Å²) in [6.45, 7) is 3.58. The molecule has 0 radical (unpaired) electrons. The highest BCUT2D eigenvalue weighted by Crippen LogP contribution is 2.27. The second-order valence-corrected chi connectivity index (χ2v) is 5.26. The molecule has 5 heteroatoms. The molecule has 2 heterocycles. The summed E-state index contributed by atoms with van der Waals surface area (Å²) in [5, 5.41) is 9.06. The number of benzene rings is 1. The molecule has 21 heavy (non-hydrogen) atoms. The van der Waals surface area contributed by atoms with Gasteiger partial charge in [0.2, 0.25) is 0 Å². The van der Waals surface area contributed by atoms with Crippen molar-refractivity contribution < 1.29 is 9.90 Å². The zero-order valence-corrected chi connectivity index (χ0v) is 11.9. The molecular formula is C16H17N3O2. The number of carbonyl (C=O) groups is 1. The molecule has 2 aromatic rings. The maximum atomic E-state index is 11.0. The Kier molecular flexibility index (Phi) is 3.56. The van der Waals surface area contributed by atoms with E-state index in [4.69, 9.17) is 5.11 Å². The summed E-state index contributed by atoms with van der Waals surface area (Å²) >= 11 is 0. The summed E-state index contributed by atoms with van der Waals surface area (Å²) in [4.78, 5) is 21.8. The average molecular weight is 283 g/mol. The van der Waals surface area contributed by atoms with Crippen molar-refractivity contribution in [2.24, 2.45) is 0 Å². The minimum Gasteiger partial charge on any atom is -0.478 e. The number of fused-ring (bicyclic) bond motifs is 1. The number of anilines is 1. The maximum absolute atomic E-state index is 11.0. The SMILES string of the molecule is CCCc1cc(N2Cc3ccc(C(=O)O)cc3C2)ncn1. The van der Waals surface area contributed by atoms with Crippen LogP contribution >= 0.6 is 0 Å². The van der Waals surface area contributed by atoms with Crippen LogP contribution in [0.15, 0.2) is 30.6 Å². The Morgan fingerprint density at radius 1 is 1.24 bits per heavy atom. The quantitative estimate of drug-likeness (QED) is 0.934. The van der Waals surface area contributed by atoms with Crippen molar-refractivity contribution in [3.63, 3.8) is 0 Å². The summed E-state index contributed by atoms with van der Waals surface area (Å²) < 4.78 is 0. The van der Waals surface area contributed by atoms with E-state index >= 15 is 0 Å². The number of nitrogens with zero attached hydrogens (tertiary/aromatic N) is 3. The third-order valence-electron chi connectivity index (χ3n) is 3.72. The van der Waals surface area contributed by atoms with E-state index in [2.05, 4.69) is 21.8 Å². The molecule has 1 aromatic heterocycles. The van der Waals surface area contributed by atoms with Gasteiger partial charge in [0.15, 0.2) is 0 Å². The molecule has 0 fully saturated rings. The monoisotopic (exact) mass is 283 g/mol. The van der Waals surface area contributed by atoms with Gasteiger partial charge in [0.25, 0.3) is 0 Å². The van der Waals surface area contributed by atoms with Crippen molar-refractivity contribution in [3.05, 3.63) is 53.0 Å². The largest absolute Gasteiger partial charge is 0.478 e. The third-order valence-corrected chi connectivity index (χ3v) is 3.72. The number of hydrogen-bond acceptors (Lipinski definition) is 4. The predicted molar refractivity (Wildman–Crippen MR) is 79.3 cm³/mol. The zero-order valence-electron chi connectivity index (χ0n) is 11.9. The fourth-order valence-electron chi connectivity index (χ4n) is 2.64. The molecule has 1 aliphatic rings. The first-order valence-corrected chi connectivity index (χ1v) is 7.08. The van der Waals surface area contributed by atoms with Crippen molar-refractivity contribution >= 4 is 11.8 Å². The minimum atomic E-state index is -0.886. The fourth-order valence-corrected chi connectivity index (χ4v) is 2.64. The second-order valence-electron chi connectivity index (χ2n) is 5.26. The van der Waals surface area contributed by atoms with Gasteiger partial charge in [-0.15, -0.1) is 0 Å². The Bertz CT molecular complexity index is 685. The molecule has 5 nitrogen and oxygen atoms in total. The summed E-state index contributed by atoms with van der Waals surface area (Å²) in [7, 11) is 0. The van der Waals surface area contributed by atoms with E-state index in [1.807, 2.05) is 12.1 Å². The molecule has 1 aliphatic heterocycles. The van der Waals surface area contributed by atoms with Gasteiger partial charge in [-0.2, -0.15) is 0 Å². The van der Waals surface area contributed by atoms with Crippen molar-refractivity contribution in [1.82, 2.24) is 9.97 Å². The van der Waals surface area contributed by atoms with Crippen LogP contribution in [0.1, 0.15) is 40.5 Å². The first-order chi connectivity index (χ1) is 10.2. The average Bonchev–Trinajstić information content (AvgIpc) is 2.91. The number of aromatic carboxylic acids is 1. The number of hydrogen-bond donors (Lipinski definition) is 1. The molecule has 3 rings (SSSR count). The normalized spacial score (nSPS) is 13.3. The topological polar surface area (TPSA) is 66.3 Å². The maximum Gasteiger partial charge on any atom is 0.335 e. The lowest BCUT2D eigenvalue weighted by Gasteiger charge is -2.16. The Balaban J connectivity index is 1.84. The highest BCUT2D eigenvalue weighted by Gasteiger charge is 2.21. The molecule has 1 N–H and O–H groups in total. The van der Waals surface area contributed by atoms with E-state index < -0.39 is 5.97 Å². The lowest BCUT2D eigenvalue weighted by molar-refractivity contribution is 0.0697. The van der Waals surface area contributed by atoms with Crippen LogP contribution in [0.3, 0.4) is 0 Å². The van der Waals surface area contributed by atoms with E-state index in [1.54, 1.807) is 18.5 Å². The number of aromatic nitrogens is 2. The predicted octanol–water partition coefficient (Wildman–Crippen LogP) is 2.65. The van der Waals surface area contributed by atoms with Crippen LogP contribution in [-0.4, -0.2) is 21.0 Å². The van der Waals surface area contributed by atoms with E-state index in [1.165, 1.54) is 0 Å². The summed E-state index contributed by atoms with van der Waals surface area (Å²) in [6.07, 6.45) is 3.60. The van der Waals surface area contributed by atoms with Crippen molar-refractivity contribution in [1.29, 1.82) is 0 Å². The van der Waals surface area contributed by atoms with Gasteiger partial charge in [0, 0.05) is 24.8 Å². The highest BCUT2D eigenvalue weighted by atomic mass is 16.4. The highest BCUT2D eigenvalue weighted by molar-refractivity contribution is 5.88. The Morgan fingerprint density at radius 2 is 2.05 bits per heavy atom. The number of aryl methyl sites for hydroxylation is 1. The Hall–Kier alpha value is -2.43. The standard InChI is InChI=1S/C16H17N3O2/c1-2-3-14-7-15(18-10-17-14)19-8-12-5-4-11(16(20)21)6-13(12)9-19/h4-7,10H,2-3,8-9H2,1H3,(H,20,21). The summed E-state index contributed by atoms with van der Waals surface area (Å²) in [6, 6.07) is 7.33. The zero-order chi connectivity index (χ0) is 14.8. The molecule has 0 unspecified atom stereocenters. The molecule has 108 valence electrons. The summed E-state index contributed by atoms with van der Waals surface area (Å²) in [5.41, 5.74) is 3.61. The van der Waals surface area contributed by atoms with Gasteiger partial charge in [-0.05, 0) is 29.7 Å². The van der Waals surface area contributed by atoms with Crippen molar-refractivity contribution in [2.45, 2.75) is 32.9 Å². The van der Waals surface area contributed by atoms with Gasteiger partial charge < -0.3 is 10.0 Å². The number of rotatable bonds is 4. The first-order valence-electron chi connectivity index (χ1n) is 7.08. The van der Waals surface area contributed by atoms with E-state index in [0.29, 0.717) is 12.1 Å². The van der Waals surface area contributed by atoms with Gasteiger partial charge in [-0.3, -0.25) is 0 Å². The third kappa shape index (κ3) is 2.72. The lowest BCUT2D eigenvalue weighted by Crippen LogP contribution is -2.16. The smallest absolute Gasteiger partial charge is 0.335 e. The van der Waals surface area contributed by atoms with Crippen molar-refractivity contribution in [2.75, 3.05) is 4.90 Å². The minimum absolute atomic E-state index is 0.338. The van der Waals surface area contributed by atoms with Crippen molar-refractivity contribution in [3.8, 4) is 0 Å². The molecule has 0 aliphatic carbocycles. The van der Waals surface area contributed by atoms with Crippen LogP contribution in [0.4, 0.5) is 5.82 Å². The molecule has 0 saturated carbocycles. The van der Waals surface area contributed by atoms with Crippen LogP contribution in [0.5, 0.6) is 0 Å². The van der Waals surface area contributed by atoms with E-state index in [-0.39, 0.29) is 0 Å². The van der Waals surface area contributed by atoms with Gasteiger partial charge in [0.05, 0.1) is 5.56 Å². The Morgan fingerprint density at radius 3 is 2.81 bits per heavy atom. The van der Waals surface area contributed by atoms with Gasteiger partial charge >= 0.3 is 5.97 Å². The van der Waals surface area contributed by atoms with Gasteiger partial charge in [-0.1, -0.05) is 19.4 Å². The van der Waals surface area contributed by atoms with E-state index in [0.717, 1.165) is 42.0 Å². The molecule has 1 aromatic carbocycles. The first kappa shape index (κ1) is 13.5. The molecular weight excluding hydrogens is 266 g/mol. The van der Waals surface area contributed by atoms with Gasteiger partial charge in [0.1, 0.15) is 12.1 Å². The molecule has 0 spiro atoms. The molecule has 0 amide bonds. The molecule has 0 bridgehead atoms. The molecule has 0 atom stereocenters. The van der Waals surface area contributed by atoms with Crippen LogP contribution in [-0.2, 0) is 19.5 Å². The van der Waals surface area contributed by atoms with Crippen LogP contribution < -0.4 is 4.90 Å². The molecule has 0 saturated heterocycles. The fraction of sp³-hybridized carbons (Fsp3) is 0.312. The summed E-state index contributed by atoms with van der Waals surface area (Å²) in [5.74, 6) is 0.0186. The lowest BCUT2D eigenvalue weighted by atomic mass is 10.1. The van der Waals surface area contributed by atoms with Crippen LogP contribution in [0, 0.1) is 0 Å². The number of carboxylic acids is 1. The second kappa shape index (κ2) is 5.52. The number of carboxylic acid groups (broad SMARTS) is 1. The van der Waals surface area contributed by atoms with Crippen LogP contribution in [0.2, 0.25) is 0 Å². The van der Waals surface area contributed by atoms with Gasteiger partial charge in [-0.25, -0.2) is 14.8 Å². The van der Waals surface area contributed by atoms with Crippen LogP contribution in [0.25, 0.3) is 0 Å².